The van der Waals surface area contributed by atoms with E-state index in [-0.39, 0.29) is 18.0 Å². The van der Waals surface area contributed by atoms with E-state index in [2.05, 4.69) is 16.0 Å². The molecule has 3 N–H and O–H groups in total. The molecule has 0 atom stereocenters. The third-order valence-electron chi connectivity index (χ3n) is 4.44. The van der Waals surface area contributed by atoms with Gasteiger partial charge in [0.05, 0.1) is 31.7 Å². The number of carbonyl (C=O) groups excluding carboxylic acids is 2. The van der Waals surface area contributed by atoms with Gasteiger partial charge in [-0.15, -0.1) is 0 Å². The van der Waals surface area contributed by atoms with Gasteiger partial charge < -0.3 is 29.8 Å². The third kappa shape index (κ3) is 6.19. The van der Waals surface area contributed by atoms with Crippen molar-refractivity contribution in [3.63, 3.8) is 0 Å². The number of furan rings is 1. The number of nitrogens with one attached hydrogen (secondary N) is 3. The molecule has 0 bridgehead atoms. The number of urea groups is 1. The Labute approximate surface area is 186 Å². The molecule has 0 aliphatic rings. The van der Waals surface area contributed by atoms with E-state index in [1.54, 1.807) is 18.2 Å². The van der Waals surface area contributed by atoms with Gasteiger partial charge in [-0.05, 0) is 48.0 Å². The Bertz CT molecular complexity index is 1110. The van der Waals surface area contributed by atoms with Gasteiger partial charge in [0.1, 0.15) is 11.5 Å². The maximum atomic E-state index is 13.6. The van der Waals surface area contributed by atoms with Crippen LogP contribution in [0.25, 0.3) is 0 Å². The second-order valence-corrected chi connectivity index (χ2v) is 6.72. The summed E-state index contributed by atoms with van der Waals surface area (Å²) in [5.41, 5.74) is -1.09. The Morgan fingerprint density at radius 1 is 0.970 bits per heavy atom. The minimum atomic E-state index is -4.78. The van der Waals surface area contributed by atoms with Gasteiger partial charge in [0.2, 0.25) is 0 Å². The lowest BCUT2D eigenvalue weighted by atomic mass is 10.1. The maximum Gasteiger partial charge on any atom is 0.418 e. The molecule has 0 unspecified atom stereocenters. The minimum absolute atomic E-state index is 0.0119. The molecule has 0 fully saturated rings. The van der Waals surface area contributed by atoms with E-state index in [9.17, 15) is 22.8 Å². The zero-order valence-electron chi connectivity index (χ0n) is 17.6. The van der Waals surface area contributed by atoms with Crippen LogP contribution in [-0.4, -0.2) is 26.2 Å². The van der Waals surface area contributed by atoms with Crippen LogP contribution in [0.3, 0.4) is 0 Å². The summed E-state index contributed by atoms with van der Waals surface area (Å²) in [5.74, 6) is 0.232. The van der Waals surface area contributed by atoms with Crippen molar-refractivity contribution in [2.75, 3.05) is 24.9 Å². The first-order valence-corrected chi connectivity index (χ1v) is 9.52. The van der Waals surface area contributed by atoms with Crippen molar-refractivity contribution < 1.29 is 36.7 Å². The third-order valence-corrected chi connectivity index (χ3v) is 4.44. The maximum absolute atomic E-state index is 13.6. The lowest BCUT2D eigenvalue weighted by molar-refractivity contribution is -0.136. The summed E-state index contributed by atoms with van der Waals surface area (Å²) in [4.78, 5) is 24.3. The molecule has 0 aliphatic heterocycles. The summed E-state index contributed by atoms with van der Waals surface area (Å²) >= 11 is 0. The fourth-order valence-electron chi connectivity index (χ4n) is 2.88. The number of halogens is 3. The monoisotopic (exact) mass is 463 g/mol. The van der Waals surface area contributed by atoms with Crippen LogP contribution in [0.5, 0.6) is 11.5 Å². The number of benzene rings is 2. The Morgan fingerprint density at radius 3 is 2.24 bits per heavy atom. The van der Waals surface area contributed by atoms with Gasteiger partial charge in [-0.1, -0.05) is 0 Å². The Hall–Kier alpha value is -4.15. The van der Waals surface area contributed by atoms with Crippen LogP contribution in [-0.2, 0) is 12.7 Å². The second-order valence-electron chi connectivity index (χ2n) is 6.72. The van der Waals surface area contributed by atoms with Crippen LogP contribution in [0.2, 0.25) is 0 Å². The fourth-order valence-corrected chi connectivity index (χ4v) is 2.88. The first-order valence-electron chi connectivity index (χ1n) is 9.52. The van der Waals surface area contributed by atoms with E-state index in [4.69, 9.17) is 13.9 Å². The fraction of sp³-hybridized carbons (Fsp3) is 0.182. The van der Waals surface area contributed by atoms with E-state index < -0.39 is 29.4 Å². The van der Waals surface area contributed by atoms with E-state index in [0.29, 0.717) is 17.1 Å². The molecule has 3 aromatic rings. The summed E-state index contributed by atoms with van der Waals surface area (Å²) in [6, 6.07) is 9.96. The predicted octanol–water partition coefficient (Wildman–Crippen LogP) is 4.89. The number of amides is 3. The van der Waals surface area contributed by atoms with Crippen molar-refractivity contribution in [2.45, 2.75) is 12.7 Å². The number of hydrogen-bond donors (Lipinski definition) is 3. The highest BCUT2D eigenvalue weighted by Crippen LogP contribution is 2.36. The standard InChI is InChI=1S/C22H20F3N3O5/c1-31-15-8-13(9-16(11-15)32-2)12-26-21(30)28-18-6-5-14(10-17(18)22(23,24)25)27-20(29)19-4-3-7-33-19/h3-11H,12H2,1-2H3,(H,27,29)(H2,26,28,30). The molecule has 3 rings (SSSR count). The van der Waals surface area contributed by atoms with Crippen molar-refractivity contribution >= 4 is 23.3 Å². The van der Waals surface area contributed by atoms with Crippen LogP contribution in [0.1, 0.15) is 21.7 Å². The van der Waals surface area contributed by atoms with E-state index in [1.807, 2.05) is 0 Å². The molecule has 0 saturated heterocycles. The highest BCUT2D eigenvalue weighted by atomic mass is 19.4. The molecule has 174 valence electrons. The number of alkyl halides is 3. The van der Waals surface area contributed by atoms with Gasteiger partial charge in [-0.3, -0.25) is 4.79 Å². The molecule has 1 heterocycles. The van der Waals surface area contributed by atoms with Gasteiger partial charge in [0, 0.05) is 18.3 Å². The number of methoxy groups -OCH3 is 2. The SMILES string of the molecule is COc1cc(CNC(=O)Nc2ccc(NC(=O)c3ccco3)cc2C(F)(F)F)cc(OC)c1. The summed E-state index contributed by atoms with van der Waals surface area (Å²) in [6.45, 7) is 0.0119. The molecule has 33 heavy (non-hydrogen) atoms. The Kier molecular flexibility index (Phi) is 7.11. The molecule has 0 saturated carbocycles. The first-order chi connectivity index (χ1) is 15.7. The normalized spacial score (nSPS) is 10.9. The lowest BCUT2D eigenvalue weighted by Crippen LogP contribution is -2.29. The molecule has 0 spiro atoms. The van der Waals surface area contributed by atoms with Crippen molar-refractivity contribution in [3.8, 4) is 11.5 Å². The smallest absolute Gasteiger partial charge is 0.418 e. The van der Waals surface area contributed by atoms with Gasteiger partial charge in [0.15, 0.2) is 5.76 Å². The quantitative estimate of drug-likeness (QED) is 0.463. The summed E-state index contributed by atoms with van der Waals surface area (Å²) < 4.78 is 55.9. The van der Waals surface area contributed by atoms with Crippen molar-refractivity contribution in [3.05, 3.63) is 71.7 Å². The summed E-state index contributed by atoms with van der Waals surface area (Å²) in [5, 5.41) is 6.99. The van der Waals surface area contributed by atoms with Gasteiger partial charge in [-0.25, -0.2) is 4.79 Å². The number of carbonyl (C=O) groups is 2. The zero-order valence-corrected chi connectivity index (χ0v) is 17.6. The highest BCUT2D eigenvalue weighted by Gasteiger charge is 2.34. The average Bonchev–Trinajstić information content (AvgIpc) is 3.33. The van der Waals surface area contributed by atoms with Crippen molar-refractivity contribution in [1.82, 2.24) is 5.32 Å². The topological polar surface area (TPSA) is 102 Å². The van der Waals surface area contributed by atoms with E-state index >= 15 is 0 Å². The number of hydrogen-bond acceptors (Lipinski definition) is 5. The van der Waals surface area contributed by atoms with E-state index in [0.717, 1.165) is 12.1 Å². The van der Waals surface area contributed by atoms with Crippen LogP contribution in [0.15, 0.2) is 59.2 Å². The first kappa shape index (κ1) is 23.5. The lowest BCUT2D eigenvalue weighted by Gasteiger charge is -2.16. The number of ether oxygens (including phenoxy) is 2. The molecule has 0 aliphatic carbocycles. The van der Waals surface area contributed by atoms with Gasteiger partial charge >= 0.3 is 12.2 Å². The Balaban J connectivity index is 1.71. The average molecular weight is 463 g/mol. The van der Waals surface area contributed by atoms with Crippen molar-refractivity contribution in [1.29, 1.82) is 0 Å². The largest absolute Gasteiger partial charge is 0.497 e. The molecule has 11 heteroatoms. The molecular formula is C22H20F3N3O5. The molecule has 3 amide bonds. The number of rotatable bonds is 7. The highest BCUT2D eigenvalue weighted by molar-refractivity contribution is 6.02. The molecule has 0 radical (unpaired) electrons. The molecule has 2 aromatic carbocycles. The molecule has 1 aromatic heterocycles. The van der Waals surface area contributed by atoms with E-state index in [1.165, 1.54) is 38.7 Å². The Morgan fingerprint density at radius 2 is 1.67 bits per heavy atom. The molecular weight excluding hydrogens is 443 g/mol. The zero-order chi connectivity index (χ0) is 24.0. The summed E-state index contributed by atoms with van der Waals surface area (Å²) in [7, 11) is 2.94. The predicted molar refractivity (Wildman–Crippen MR) is 114 cm³/mol. The van der Waals surface area contributed by atoms with Crippen LogP contribution in [0, 0.1) is 0 Å². The van der Waals surface area contributed by atoms with Crippen molar-refractivity contribution in [2.24, 2.45) is 0 Å². The van der Waals surface area contributed by atoms with Gasteiger partial charge in [0.25, 0.3) is 5.91 Å². The van der Waals surface area contributed by atoms with Gasteiger partial charge in [-0.2, -0.15) is 13.2 Å². The second kappa shape index (κ2) is 9.98. The molecule has 8 nitrogen and oxygen atoms in total. The summed E-state index contributed by atoms with van der Waals surface area (Å²) in [6.07, 6.45) is -3.52. The minimum Gasteiger partial charge on any atom is -0.497 e. The van der Waals surface area contributed by atoms with Crippen LogP contribution < -0.4 is 25.4 Å². The number of anilines is 2. The van der Waals surface area contributed by atoms with Crippen LogP contribution in [0.4, 0.5) is 29.3 Å². The van der Waals surface area contributed by atoms with Crippen LogP contribution >= 0.6 is 0 Å².